The second-order valence-corrected chi connectivity index (χ2v) is 7.97. The Morgan fingerprint density at radius 2 is 1.68 bits per heavy atom. The molecular formula is C19H20F3NOS. The van der Waals surface area contributed by atoms with E-state index < -0.39 is 28.3 Å². The van der Waals surface area contributed by atoms with E-state index in [2.05, 4.69) is 4.90 Å². The number of hydrogen-bond donors (Lipinski definition) is 0. The highest BCUT2D eigenvalue weighted by Crippen LogP contribution is 2.23. The van der Waals surface area contributed by atoms with Crippen molar-refractivity contribution in [2.75, 3.05) is 19.6 Å². The van der Waals surface area contributed by atoms with Gasteiger partial charge >= 0.3 is 0 Å². The maximum atomic E-state index is 13.8. The van der Waals surface area contributed by atoms with Crippen molar-refractivity contribution in [3.63, 3.8) is 0 Å². The molecule has 1 heterocycles. The van der Waals surface area contributed by atoms with Crippen molar-refractivity contribution in [3.8, 4) is 0 Å². The smallest absolute Gasteiger partial charge is 0.159 e. The van der Waals surface area contributed by atoms with Crippen LogP contribution in [0.5, 0.6) is 0 Å². The summed E-state index contributed by atoms with van der Waals surface area (Å²) < 4.78 is 52.5. The van der Waals surface area contributed by atoms with Crippen LogP contribution in [0.4, 0.5) is 13.2 Å². The first-order valence-corrected chi connectivity index (χ1v) is 9.57. The van der Waals surface area contributed by atoms with E-state index in [1.54, 1.807) is 24.3 Å². The van der Waals surface area contributed by atoms with E-state index in [4.69, 9.17) is 0 Å². The van der Waals surface area contributed by atoms with Crippen LogP contribution in [0.1, 0.15) is 18.4 Å². The molecule has 0 spiro atoms. The number of hydrogen-bond acceptors (Lipinski definition) is 2. The van der Waals surface area contributed by atoms with Gasteiger partial charge in [-0.05, 0) is 62.2 Å². The Morgan fingerprint density at radius 1 is 0.960 bits per heavy atom. The molecule has 1 unspecified atom stereocenters. The lowest BCUT2D eigenvalue weighted by Crippen LogP contribution is -2.38. The van der Waals surface area contributed by atoms with E-state index >= 15 is 0 Å². The average molecular weight is 367 g/mol. The highest BCUT2D eigenvalue weighted by Gasteiger charge is 2.26. The predicted molar refractivity (Wildman–Crippen MR) is 92.3 cm³/mol. The fourth-order valence-corrected chi connectivity index (χ4v) is 4.59. The number of piperidine rings is 1. The molecule has 1 aliphatic heterocycles. The maximum Gasteiger partial charge on any atom is 0.159 e. The second-order valence-electron chi connectivity index (χ2n) is 6.27. The molecule has 2 aromatic carbocycles. The molecule has 6 heteroatoms. The monoisotopic (exact) mass is 367 g/mol. The molecule has 134 valence electrons. The minimum Gasteiger partial charge on any atom is -0.303 e. The van der Waals surface area contributed by atoms with Gasteiger partial charge in [0.05, 0.1) is 15.7 Å². The Bertz CT molecular complexity index is 760. The van der Waals surface area contributed by atoms with Crippen molar-refractivity contribution >= 4 is 10.8 Å². The zero-order valence-corrected chi connectivity index (χ0v) is 14.6. The van der Waals surface area contributed by atoms with Gasteiger partial charge in [-0.3, -0.25) is 4.21 Å². The normalized spacial score (nSPS) is 17.6. The first kappa shape index (κ1) is 18.1. The van der Waals surface area contributed by atoms with Crippen LogP contribution < -0.4 is 0 Å². The van der Waals surface area contributed by atoms with Crippen LogP contribution in [0, 0.1) is 17.5 Å². The SMILES string of the molecule is O=S(c1ccccc1F)C1CCN(CCc2ccc(F)c(F)c2)CC1. The Kier molecular flexibility index (Phi) is 5.91. The van der Waals surface area contributed by atoms with E-state index in [1.807, 2.05) is 0 Å². The van der Waals surface area contributed by atoms with Gasteiger partial charge < -0.3 is 4.90 Å². The molecule has 0 radical (unpaired) electrons. The molecule has 1 aliphatic rings. The number of likely N-dealkylation sites (tertiary alicyclic amines) is 1. The van der Waals surface area contributed by atoms with Crippen LogP contribution in [-0.2, 0) is 17.2 Å². The topological polar surface area (TPSA) is 20.3 Å². The molecule has 1 fully saturated rings. The van der Waals surface area contributed by atoms with Crippen molar-refractivity contribution in [1.82, 2.24) is 4.90 Å². The molecular weight excluding hydrogens is 347 g/mol. The van der Waals surface area contributed by atoms with E-state index in [1.165, 1.54) is 12.1 Å². The molecule has 0 aliphatic carbocycles. The van der Waals surface area contributed by atoms with Gasteiger partial charge in [0.2, 0.25) is 0 Å². The highest BCUT2D eigenvalue weighted by atomic mass is 32.2. The van der Waals surface area contributed by atoms with Gasteiger partial charge in [-0.25, -0.2) is 13.2 Å². The number of nitrogens with zero attached hydrogens (tertiary/aromatic N) is 1. The van der Waals surface area contributed by atoms with Crippen molar-refractivity contribution in [1.29, 1.82) is 0 Å². The molecule has 0 aromatic heterocycles. The second kappa shape index (κ2) is 8.15. The average Bonchev–Trinajstić information content (AvgIpc) is 2.63. The van der Waals surface area contributed by atoms with E-state index in [0.717, 1.165) is 44.1 Å². The van der Waals surface area contributed by atoms with Crippen LogP contribution in [0.3, 0.4) is 0 Å². The molecule has 1 saturated heterocycles. The fraction of sp³-hybridized carbons (Fsp3) is 0.368. The summed E-state index contributed by atoms with van der Waals surface area (Å²) in [4.78, 5) is 2.50. The summed E-state index contributed by atoms with van der Waals surface area (Å²) >= 11 is 0. The third-order valence-electron chi connectivity index (χ3n) is 4.59. The number of rotatable bonds is 5. The number of halogens is 3. The molecule has 0 amide bonds. The molecule has 2 aromatic rings. The van der Waals surface area contributed by atoms with Gasteiger partial charge in [0, 0.05) is 11.8 Å². The Labute approximate surface area is 148 Å². The molecule has 1 atom stereocenters. The third-order valence-corrected chi connectivity index (χ3v) is 6.43. The van der Waals surface area contributed by atoms with Crippen LogP contribution >= 0.6 is 0 Å². The van der Waals surface area contributed by atoms with Crippen LogP contribution in [0.15, 0.2) is 47.4 Å². The lowest BCUT2D eigenvalue weighted by molar-refractivity contribution is 0.234. The Balaban J connectivity index is 1.51. The van der Waals surface area contributed by atoms with Crippen molar-refractivity contribution in [2.24, 2.45) is 0 Å². The zero-order valence-electron chi connectivity index (χ0n) is 13.8. The minimum absolute atomic E-state index is 0.0450. The van der Waals surface area contributed by atoms with Gasteiger partial charge in [0.25, 0.3) is 0 Å². The summed E-state index contributed by atoms with van der Waals surface area (Å²) in [5.41, 5.74) is 0.760. The standard InChI is InChI=1S/C19H20F3NOS/c20-16-6-5-14(13-18(16)22)7-10-23-11-8-15(9-12-23)25(24)19-4-2-1-3-17(19)21/h1-6,13,15H,7-12H2. The quantitative estimate of drug-likeness (QED) is 0.798. The van der Waals surface area contributed by atoms with E-state index in [0.29, 0.717) is 6.42 Å². The largest absolute Gasteiger partial charge is 0.303 e. The van der Waals surface area contributed by atoms with E-state index in [9.17, 15) is 17.4 Å². The molecule has 0 saturated carbocycles. The summed E-state index contributed by atoms with van der Waals surface area (Å²) in [6, 6.07) is 10.2. The van der Waals surface area contributed by atoms with Gasteiger partial charge in [-0.2, -0.15) is 0 Å². The summed E-state index contributed by atoms with van der Waals surface area (Å²) in [6.45, 7) is 2.28. The van der Waals surface area contributed by atoms with Crippen molar-refractivity contribution < 1.29 is 17.4 Å². The Hall–Kier alpha value is -1.66. The van der Waals surface area contributed by atoms with Gasteiger partial charge in [-0.15, -0.1) is 0 Å². The van der Waals surface area contributed by atoms with Crippen LogP contribution in [0.25, 0.3) is 0 Å². The molecule has 25 heavy (non-hydrogen) atoms. The van der Waals surface area contributed by atoms with Gasteiger partial charge in [-0.1, -0.05) is 18.2 Å². The van der Waals surface area contributed by atoms with Crippen LogP contribution in [-0.4, -0.2) is 34.0 Å². The summed E-state index contributed by atoms with van der Waals surface area (Å²) in [7, 11) is -1.33. The van der Waals surface area contributed by atoms with Crippen molar-refractivity contribution in [2.45, 2.75) is 29.4 Å². The molecule has 3 rings (SSSR count). The first-order valence-electron chi connectivity index (χ1n) is 8.36. The lowest BCUT2D eigenvalue weighted by Gasteiger charge is -2.31. The highest BCUT2D eigenvalue weighted by molar-refractivity contribution is 7.85. The molecule has 2 nitrogen and oxygen atoms in total. The van der Waals surface area contributed by atoms with Gasteiger partial charge in [0.1, 0.15) is 5.82 Å². The zero-order chi connectivity index (χ0) is 17.8. The fourth-order valence-electron chi connectivity index (χ4n) is 3.12. The molecule has 0 N–H and O–H groups in total. The minimum atomic E-state index is -1.33. The molecule has 0 bridgehead atoms. The maximum absolute atomic E-state index is 13.8. The summed E-state index contributed by atoms with van der Waals surface area (Å²) in [5, 5.41) is -0.0450. The third kappa shape index (κ3) is 4.50. The Morgan fingerprint density at radius 3 is 2.36 bits per heavy atom. The van der Waals surface area contributed by atoms with Gasteiger partial charge in [0.15, 0.2) is 11.6 Å². The summed E-state index contributed by atoms with van der Waals surface area (Å²) in [5.74, 6) is -2.07. The first-order chi connectivity index (χ1) is 12.0. The van der Waals surface area contributed by atoms with Crippen LogP contribution in [0.2, 0.25) is 0 Å². The summed E-state index contributed by atoms with van der Waals surface area (Å²) in [6.07, 6.45) is 2.11. The number of benzene rings is 2. The lowest BCUT2D eigenvalue weighted by atomic mass is 10.1. The van der Waals surface area contributed by atoms with E-state index in [-0.39, 0.29) is 10.1 Å². The van der Waals surface area contributed by atoms with Crippen molar-refractivity contribution in [3.05, 3.63) is 65.5 Å². The predicted octanol–water partition coefficient (Wildman–Crippen LogP) is 3.92.